The Bertz CT molecular complexity index is 794. The molecule has 0 atom stereocenters. The number of benzene rings is 2. The van der Waals surface area contributed by atoms with Gasteiger partial charge in [-0.2, -0.15) is 0 Å². The summed E-state index contributed by atoms with van der Waals surface area (Å²) in [5.41, 5.74) is 4.09. The number of ether oxygens (including phenoxy) is 1. The molecule has 0 saturated carbocycles. The van der Waals surface area contributed by atoms with Gasteiger partial charge in [-0.05, 0) is 95.7 Å². The topological polar surface area (TPSA) is 50.4 Å². The quantitative estimate of drug-likeness (QED) is 0.398. The molecule has 0 radical (unpaired) electrons. The molecule has 0 spiro atoms. The van der Waals surface area contributed by atoms with E-state index in [0.29, 0.717) is 0 Å². The van der Waals surface area contributed by atoms with E-state index in [9.17, 15) is 4.79 Å². The van der Waals surface area contributed by atoms with Gasteiger partial charge in [0.2, 0.25) is 5.91 Å². The minimum atomic E-state index is -0.285. The lowest BCUT2D eigenvalue weighted by molar-refractivity contribution is -0.115. The molecule has 2 aromatic rings. The summed E-state index contributed by atoms with van der Waals surface area (Å²) < 4.78 is 6.32. The van der Waals surface area contributed by atoms with E-state index in [0.717, 1.165) is 28.1 Å². The molecule has 0 aliphatic rings. The van der Waals surface area contributed by atoms with Crippen molar-refractivity contribution < 1.29 is 9.53 Å². The highest BCUT2D eigenvalue weighted by Crippen LogP contribution is 2.21. The maximum Gasteiger partial charge on any atom is 0.250 e. The predicted octanol–water partition coefficient (Wildman–Crippen LogP) is 4.44. The zero-order chi connectivity index (χ0) is 18.4. The number of nitrogens with one attached hydrogen (secondary N) is 2. The Balaban J connectivity index is 1.93. The largest absolute Gasteiger partial charge is 0.497 e. The van der Waals surface area contributed by atoms with E-state index in [-0.39, 0.29) is 11.0 Å². The second-order valence-corrected chi connectivity index (χ2v) is 6.96. The van der Waals surface area contributed by atoms with Gasteiger partial charge in [0.05, 0.1) is 7.11 Å². The fourth-order valence-corrected chi connectivity index (χ4v) is 2.75. The molecule has 0 aliphatic carbocycles. The van der Waals surface area contributed by atoms with Gasteiger partial charge >= 0.3 is 0 Å². The van der Waals surface area contributed by atoms with Crippen molar-refractivity contribution in [2.24, 2.45) is 0 Å². The van der Waals surface area contributed by atoms with Crippen LogP contribution in [0.2, 0.25) is 0 Å². The van der Waals surface area contributed by atoms with Crippen LogP contribution in [0, 0.1) is 17.4 Å². The Labute approximate surface area is 166 Å². The molecule has 130 valence electrons. The summed E-state index contributed by atoms with van der Waals surface area (Å²) in [6, 6.07) is 11.4. The molecule has 4 nitrogen and oxygen atoms in total. The molecule has 2 N–H and O–H groups in total. The van der Waals surface area contributed by atoms with Crippen molar-refractivity contribution in [3.8, 4) is 5.75 Å². The van der Waals surface area contributed by atoms with Crippen LogP contribution in [0.1, 0.15) is 16.7 Å². The Morgan fingerprint density at radius 1 is 1.16 bits per heavy atom. The number of carbonyl (C=O) groups is 1. The fraction of sp³-hybridized carbons (Fsp3) is 0.158. The van der Waals surface area contributed by atoms with E-state index >= 15 is 0 Å². The number of thiocarbonyl (C=S) groups is 1. The Hall–Kier alpha value is -1.93. The monoisotopic (exact) mass is 466 g/mol. The highest BCUT2D eigenvalue weighted by molar-refractivity contribution is 14.1. The van der Waals surface area contributed by atoms with Gasteiger partial charge in [-0.25, -0.2) is 0 Å². The Morgan fingerprint density at radius 3 is 2.32 bits per heavy atom. The minimum Gasteiger partial charge on any atom is -0.497 e. The van der Waals surface area contributed by atoms with E-state index in [2.05, 4.69) is 33.2 Å². The van der Waals surface area contributed by atoms with E-state index < -0.39 is 0 Å². The standard InChI is InChI=1S/C19H19IN2O2S/c1-12-10-15(11-13(2)18(12)20)21-19(25)22-17(23)9-6-14-4-7-16(24-3)8-5-14/h4-11H,1-3H3,(H2,21,22,23,25)/b9-6+. The van der Waals surface area contributed by atoms with E-state index in [4.69, 9.17) is 17.0 Å². The molecule has 0 saturated heterocycles. The van der Waals surface area contributed by atoms with Crippen LogP contribution in [0.3, 0.4) is 0 Å². The van der Waals surface area contributed by atoms with Gasteiger partial charge < -0.3 is 10.1 Å². The molecule has 0 aromatic heterocycles. The van der Waals surface area contributed by atoms with Crippen LogP contribution in [-0.2, 0) is 4.79 Å². The average Bonchev–Trinajstić information content (AvgIpc) is 2.58. The first-order chi connectivity index (χ1) is 11.9. The van der Waals surface area contributed by atoms with Crippen molar-refractivity contribution in [1.82, 2.24) is 5.32 Å². The number of amides is 1. The van der Waals surface area contributed by atoms with Gasteiger partial charge in [0.1, 0.15) is 5.75 Å². The van der Waals surface area contributed by atoms with Crippen LogP contribution in [-0.4, -0.2) is 18.1 Å². The van der Waals surface area contributed by atoms with Gasteiger partial charge in [0.25, 0.3) is 0 Å². The van der Waals surface area contributed by atoms with Crippen molar-refractivity contribution in [3.05, 3.63) is 62.7 Å². The third kappa shape index (κ3) is 5.82. The third-order valence-electron chi connectivity index (χ3n) is 3.47. The van der Waals surface area contributed by atoms with Crippen LogP contribution in [0.5, 0.6) is 5.75 Å². The maximum atomic E-state index is 12.0. The highest BCUT2D eigenvalue weighted by Gasteiger charge is 2.05. The summed E-state index contributed by atoms with van der Waals surface area (Å²) in [4.78, 5) is 12.0. The van der Waals surface area contributed by atoms with Crippen LogP contribution in [0.25, 0.3) is 6.08 Å². The van der Waals surface area contributed by atoms with Crippen molar-refractivity contribution >= 4 is 57.6 Å². The fourth-order valence-electron chi connectivity index (χ4n) is 2.22. The number of anilines is 1. The molecule has 2 rings (SSSR count). The first-order valence-electron chi connectivity index (χ1n) is 7.60. The molecule has 0 bridgehead atoms. The van der Waals surface area contributed by atoms with Gasteiger partial charge in [0.15, 0.2) is 5.11 Å². The number of halogens is 1. The Morgan fingerprint density at radius 2 is 1.76 bits per heavy atom. The molecule has 0 unspecified atom stereocenters. The van der Waals surface area contributed by atoms with Crippen molar-refractivity contribution in [3.63, 3.8) is 0 Å². The molecule has 25 heavy (non-hydrogen) atoms. The number of methoxy groups -OCH3 is 1. The van der Waals surface area contributed by atoms with Crippen LogP contribution in [0.4, 0.5) is 5.69 Å². The first-order valence-corrected chi connectivity index (χ1v) is 9.08. The van der Waals surface area contributed by atoms with E-state index in [1.54, 1.807) is 13.2 Å². The van der Waals surface area contributed by atoms with Crippen molar-refractivity contribution in [1.29, 1.82) is 0 Å². The molecular formula is C19H19IN2O2S. The zero-order valence-corrected chi connectivity index (χ0v) is 17.2. The lowest BCUT2D eigenvalue weighted by atomic mass is 10.1. The number of hydrogen-bond donors (Lipinski definition) is 2. The lowest BCUT2D eigenvalue weighted by Gasteiger charge is -2.11. The number of rotatable bonds is 4. The maximum absolute atomic E-state index is 12.0. The van der Waals surface area contributed by atoms with Gasteiger partial charge in [-0.15, -0.1) is 0 Å². The molecule has 2 aromatic carbocycles. The second-order valence-electron chi connectivity index (χ2n) is 5.47. The summed E-state index contributed by atoms with van der Waals surface area (Å²) in [5, 5.41) is 5.95. The normalized spacial score (nSPS) is 10.6. The predicted molar refractivity (Wildman–Crippen MR) is 115 cm³/mol. The van der Waals surface area contributed by atoms with Gasteiger partial charge in [0, 0.05) is 15.3 Å². The number of aryl methyl sites for hydroxylation is 2. The number of carbonyl (C=O) groups excluding carboxylic acids is 1. The van der Waals surface area contributed by atoms with Crippen LogP contribution in [0.15, 0.2) is 42.5 Å². The highest BCUT2D eigenvalue weighted by atomic mass is 127. The summed E-state index contributed by atoms with van der Waals surface area (Å²) in [6.45, 7) is 4.08. The first kappa shape index (κ1) is 19.4. The van der Waals surface area contributed by atoms with Gasteiger partial charge in [-0.1, -0.05) is 12.1 Å². The third-order valence-corrected chi connectivity index (χ3v) is 5.38. The minimum absolute atomic E-state index is 0.268. The van der Waals surface area contributed by atoms with Crippen LogP contribution >= 0.6 is 34.8 Å². The lowest BCUT2D eigenvalue weighted by Crippen LogP contribution is -2.32. The molecule has 1 amide bonds. The van der Waals surface area contributed by atoms with Crippen molar-refractivity contribution in [2.45, 2.75) is 13.8 Å². The Kier molecular flexibility index (Phi) is 6.95. The zero-order valence-electron chi connectivity index (χ0n) is 14.2. The van der Waals surface area contributed by atoms with E-state index in [1.165, 1.54) is 9.65 Å². The molecule has 0 heterocycles. The summed E-state index contributed by atoms with van der Waals surface area (Å²) >= 11 is 7.51. The van der Waals surface area contributed by atoms with Crippen molar-refractivity contribution in [2.75, 3.05) is 12.4 Å². The summed E-state index contributed by atoms with van der Waals surface area (Å²) in [6.07, 6.45) is 3.16. The van der Waals surface area contributed by atoms with Crippen LogP contribution < -0.4 is 15.4 Å². The smallest absolute Gasteiger partial charge is 0.250 e. The average molecular weight is 466 g/mol. The molecule has 6 heteroatoms. The summed E-state index contributed by atoms with van der Waals surface area (Å²) in [7, 11) is 1.61. The molecule has 0 fully saturated rings. The van der Waals surface area contributed by atoms with E-state index in [1.807, 2.05) is 50.2 Å². The SMILES string of the molecule is COc1ccc(/C=C/C(=O)NC(=S)Nc2cc(C)c(I)c(C)c2)cc1. The molecular weight excluding hydrogens is 447 g/mol. The molecule has 0 aliphatic heterocycles. The summed E-state index contributed by atoms with van der Waals surface area (Å²) in [5.74, 6) is 0.488. The second kappa shape index (κ2) is 8.96. The number of hydrogen-bond acceptors (Lipinski definition) is 3. The van der Waals surface area contributed by atoms with Gasteiger partial charge in [-0.3, -0.25) is 10.1 Å².